The van der Waals surface area contributed by atoms with Crippen molar-refractivity contribution >= 4 is 11.6 Å². The van der Waals surface area contributed by atoms with E-state index in [0.29, 0.717) is 17.2 Å². The van der Waals surface area contributed by atoms with Gasteiger partial charge in [-0.15, -0.1) is 0 Å². The summed E-state index contributed by atoms with van der Waals surface area (Å²) in [4.78, 5) is 12.2. The lowest BCUT2D eigenvalue weighted by atomic mass is 10.00. The molecule has 1 rings (SSSR count). The lowest BCUT2D eigenvalue weighted by molar-refractivity contribution is 0.0929. The summed E-state index contributed by atoms with van der Waals surface area (Å²) < 4.78 is 0. The van der Waals surface area contributed by atoms with Crippen LogP contribution in [0.25, 0.3) is 0 Å². The number of carbonyl (C=O) groups is 1. The zero-order valence-corrected chi connectivity index (χ0v) is 11.6. The fraction of sp³-hybridized carbons (Fsp3) is 0.500. The van der Waals surface area contributed by atoms with Gasteiger partial charge in [0.05, 0.1) is 11.3 Å². The van der Waals surface area contributed by atoms with E-state index in [-0.39, 0.29) is 11.9 Å². The van der Waals surface area contributed by atoms with Crippen LogP contribution in [-0.2, 0) is 0 Å². The molecule has 0 fully saturated rings. The minimum absolute atomic E-state index is 0.0838. The second kappa shape index (κ2) is 6.40. The topological polar surface area (TPSA) is 67.2 Å². The molecule has 0 aliphatic carbocycles. The summed E-state index contributed by atoms with van der Waals surface area (Å²) in [6.07, 6.45) is 1.04. The maximum Gasteiger partial charge on any atom is 0.253 e. The number of aryl methyl sites for hydroxylation is 1. The van der Waals surface area contributed by atoms with Crippen LogP contribution >= 0.6 is 0 Å². The van der Waals surface area contributed by atoms with E-state index in [0.717, 1.165) is 12.0 Å². The molecular formula is C14H23N3O. The van der Waals surface area contributed by atoms with E-state index < -0.39 is 0 Å². The molecule has 0 bridgehead atoms. The fourth-order valence-corrected chi connectivity index (χ4v) is 1.75. The van der Waals surface area contributed by atoms with E-state index in [1.54, 1.807) is 0 Å². The molecule has 4 heteroatoms. The van der Waals surface area contributed by atoms with E-state index in [9.17, 15) is 4.79 Å². The van der Waals surface area contributed by atoms with Crippen molar-refractivity contribution in [2.45, 2.75) is 40.2 Å². The molecule has 0 spiro atoms. The highest BCUT2D eigenvalue weighted by atomic mass is 16.1. The number of rotatable bonds is 5. The van der Waals surface area contributed by atoms with Crippen LogP contribution in [0.2, 0.25) is 0 Å². The summed E-state index contributed by atoms with van der Waals surface area (Å²) in [7, 11) is 0. The number of carbonyl (C=O) groups excluding carboxylic acids is 1. The van der Waals surface area contributed by atoms with E-state index in [1.165, 1.54) is 0 Å². The predicted molar refractivity (Wildman–Crippen MR) is 75.4 cm³/mol. The van der Waals surface area contributed by atoms with Crippen molar-refractivity contribution in [2.75, 3.05) is 5.43 Å². The Kier molecular flexibility index (Phi) is 5.16. The van der Waals surface area contributed by atoms with Crippen molar-refractivity contribution in [3.8, 4) is 0 Å². The Balaban J connectivity index is 2.87. The normalized spacial score (nSPS) is 13.8. The Morgan fingerprint density at radius 1 is 1.39 bits per heavy atom. The predicted octanol–water partition coefficient (Wildman–Crippen LogP) is 2.45. The molecule has 2 atom stereocenters. The SMILES string of the molecule is CCC(C)C(C)NC(=O)c1cc(C)ccc1NN. The molecule has 100 valence electrons. The summed E-state index contributed by atoms with van der Waals surface area (Å²) in [5.74, 6) is 5.79. The lowest BCUT2D eigenvalue weighted by Crippen LogP contribution is -2.37. The van der Waals surface area contributed by atoms with Crippen LogP contribution in [0.5, 0.6) is 0 Å². The summed E-state index contributed by atoms with van der Waals surface area (Å²) >= 11 is 0. The zero-order chi connectivity index (χ0) is 13.7. The molecule has 0 aliphatic heterocycles. The van der Waals surface area contributed by atoms with Gasteiger partial charge in [0, 0.05) is 6.04 Å². The second-order valence-corrected chi connectivity index (χ2v) is 4.84. The molecule has 2 unspecified atom stereocenters. The largest absolute Gasteiger partial charge is 0.349 e. The van der Waals surface area contributed by atoms with Gasteiger partial charge in [-0.05, 0) is 31.9 Å². The fourth-order valence-electron chi connectivity index (χ4n) is 1.75. The maximum atomic E-state index is 12.2. The highest BCUT2D eigenvalue weighted by Crippen LogP contribution is 2.17. The number of anilines is 1. The summed E-state index contributed by atoms with van der Waals surface area (Å²) in [5.41, 5.74) is 4.83. The van der Waals surface area contributed by atoms with Gasteiger partial charge in [0.25, 0.3) is 5.91 Å². The Hall–Kier alpha value is -1.55. The van der Waals surface area contributed by atoms with Crippen molar-refractivity contribution in [3.05, 3.63) is 29.3 Å². The van der Waals surface area contributed by atoms with Crippen molar-refractivity contribution in [1.82, 2.24) is 5.32 Å². The van der Waals surface area contributed by atoms with Gasteiger partial charge in [-0.1, -0.05) is 31.9 Å². The molecule has 0 aliphatic rings. The van der Waals surface area contributed by atoms with Gasteiger partial charge in [-0.2, -0.15) is 0 Å². The summed E-state index contributed by atoms with van der Waals surface area (Å²) in [6.45, 7) is 8.22. The zero-order valence-electron chi connectivity index (χ0n) is 11.6. The van der Waals surface area contributed by atoms with E-state index in [2.05, 4.69) is 24.6 Å². The first-order valence-electron chi connectivity index (χ1n) is 6.37. The minimum atomic E-state index is -0.0838. The highest BCUT2D eigenvalue weighted by molar-refractivity contribution is 5.99. The standard InChI is InChI=1S/C14H23N3O/c1-5-10(3)11(4)16-14(18)12-8-9(2)6-7-13(12)17-15/h6-8,10-11,17H,5,15H2,1-4H3,(H,16,18). The maximum absolute atomic E-state index is 12.2. The van der Waals surface area contributed by atoms with Crippen LogP contribution in [0.1, 0.15) is 43.1 Å². The molecule has 0 radical (unpaired) electrons. The Morgan fingerprint density at radius 2 is 2.06 bits per heavy atom. The first-order valence-corrected chi connectivity index (χ1v) is 6.37. The number of hydrogen-bond acceptors (Lipinski definition) is 3. The smallest absolute Gasteiger partial charge is 0.253 e. The summed E-state index contributed by atoms with van der Waals surface area (Å²) in [6, 6.07) is 5.73. The first kappa shape index (κ1) is 14.5. The molecule has 0 saturated carbocycles. The monoisotopic (exact) mass is 249 g/mol. The number of benzene rings is 1. The molecule has 4 N–H and O–H groups in total. The summed E-state index contributed by atoms with van der Waals surface area (Å²) in [5, 5.41) is 3.01. The molecular weight excluding hydrogens is 226 g/mol. The Bertz CT molecular complexity index is 418. The lowest BCUT2D eigenvalue weighted by Gasteiger charge is -2.20. The molecule has 0 saturated heterocycles. The van der Waals surface area contributed by atoms with Gasteiger partial charge in [0.15, 0.2) is 0 Å². The van der Waals surface area contributed by atoms with Crippen molar-refractivity contribution in [3.63, 3.8) is 0 Å². The van der Waals surface area contributed by atoms with E-state index in [4.69, 9.17) is 5.84 Å². The van der Waals surface area contributed by atoms with Crippen LogP contribution in [0.15, 0.2) is 18.2 Å². The molecule has 0 aromatic heterocycles. The quantitative estimate of drug-likeness (QED) is 0.554. The highest BCUT2D eigenvalue weighted by Gasteiger charge is 2.16. The average molecular weight is 249 g/mol. The Labute approximate surface area is 109 Å². The third-order valence-electron chi connectivity index (χ3n) is 3.43. The van der Waals surface area contributed by atoms with Crippen LogP contribution in [0.3, 0.4) is 0 Å². The second-order valence-electron chi connectivity index (χ2n) is 4.84. The van der Waals surface area contributed by atoms with Gasteiger partial charge in [-0.3, -0.25) is 10.6 Å². The van der Waals surface area contributed by atoms with Gasteiger partial charge >= 0.3 is 0 Å². The van der Waals surface area contributed by atoms with Crippen molar-refractivity contribution in [1.29, 1.82) is 0 Å². The molecule has 1 aromatic rings. The number of nitrogen functional groups attached to an aromatic ring is 1. The van der Waals surface area contributed by atoms with Crippen molar-refractivity contribution in [2.24, 2.45) is 11.8 Å². The average Bonchev–Trinajstić information content (AvgIpc) is 2.37. The van der Waals surface area contributed by atoms with Crippen molar-refractivity contribution < 1.29 is 4.79 Å². The molecule has 1 aromatic carbocycles. The van der Waals surface area contributed by atoms with Gasteiger partial charge in [0.1, 0.15) is 0 Å². The first-order chi connectivity index (χ1) is 8.49. The number of hydrogen-bond donors (Lipinski definition) is 3. The van der Waals surface area contributed by atoms with Gasteiger partial charge in [-0.25, -0.2) is 0 Å². The van der Waals surface area contributed by atoms with E-state index >= 15 is 0 Å². The van der Waals surface area contributed by atoms with Crippen LogP contribution in [-0.4, -0.2) is 11.9 Å². The number of nitrogens with one attached hydrogen (secondary N) is 2. The third-order valence-corrected chi connectivity index (χ3v) is 3.43. The van der Waals surface area contributed by atoms with E-state index in [1.807, 2.05) is 32.0 Å². The molecule has 0 heterocycles. The van der Waals surface area contributed by atoms with Crippen LogP contribution < -0.4 is 16.6 Å². The molecule has 4 nitrogen and oxygen atoms in total. The molecule has 1 amide bonds. The van der Waals surface area contributed by atoms with Crippen LogP contribution in [0, 0.1) is 12.8 Å². The number of amides is 1. The number of nitrogens with two attached hydrogens (primary N) is 1. The number of hydrazine groups is 1. The third kappa shape index (κ3) is 3.47. The minimum Gasteiger partial charge on any atom is -0.349 e. The van der Waals surface area contributed by atoms with Gasteiger partial charge in [0.2, 0.25) is 0 Å². The molecule has 18 heavy (non-hydrogen) atoms. The Morgan fingerprint density at radius 3 is 2.61 bits per heavy atom. The van der Waals surface area contributed by atoms with Crippen LogP contribution in [0.4, 0.5) is 5.69 Å². The van der Waals surface area contributed by atoms with Gasteiger partial charge < -0.3 is 10.7 Å².